The van der Waals surface area contributed by atoms with Gasteiger partial charge in [0.05, 0.1) is 13.2 Å². The number of carbonyl (C=O) groups excluding carboxylic acids is 1. The Morgan fingerprint density at radius 2 is 2.23 bits per heavy atom. The largest absolute Gasteiger partial charge is 0.494 e. The second-order valence-electron chi connectivity index (χ2n) is 4.54. The van der Waals surface area contributed by atoms with E-state index in [-0.39, 0.29) is 6.03 Å². The van der Waals surface area contributed by atoms with E-state index < -0.39 is 0 Å². The fourth-order valence-corrected chi connectivity index (χ4v) is 2.11. The highest BCUT2D eigenvalue weighted by molar-refractivity contribution is 6.30. The van der Waals surface area contributed by atoms with Gasteiger partial charge in [-0.2, -0.15) is 0 Å². The molecule has 0 bridgehead atoms. The van der Waals surface area contributed by atoms with Crippen molar-refractivity contribution in [1.82, 2.24) is 15.8 Å². The van der Waals surface area contributed by atoms with Crippen molar-refractivity contribution in [3.8, 4) is 5.75 Å². The summed E-state index contributed by atoms with van der Waals surface area (Å²) in [6, 6.07) is 6.91. The van der Waals surface area contributed by atoms with Crippen LogP contribution < -0.4 is 15.4 Å². The van der Waals surface area contributed by atoms with Gasteiger partial charge in [-0.3, -0.25) is 0 Å². The van der Waals surface area contributed by atoms with Gasteiger partial charge >= 0.3 is 6.03 Å². The molecule has 0 atom stereocenters. The zero-order valence-corrected chi connectivity index (χ0v) is 13.0. The highest BCUT2D eigenvalue weighted by Crippen LogP contribution is 2.23. The Balaban J connectivity index is 1.78. The molecule has 0 aliphatic rings. The van der Waals surface area contributed by atoms with E-state index in [2.05, 4.69) is 20.3 Å². The molecule has 1 aromatic heterocycles. The molecule has 0 aliphatic heterocycles. The zero-order valence-electron chi connectivity index (χ0n) is 12.3. The predicted molar refractivity (Wildman–Crippen MR) is 83.1 cm³/mol. The Labute approximate surface area is 133 Å². The Hall–Kier alpha value is -2.21. The van der Waals surface area contributed by atoms with E-state index in [9.17, 15) is 4.79 Å². The first-order chi connectivity index (χ1) is 10.7. The zero-order chi connectivity index (χ0) is 15.8. The summed E-state index contributed by atoms with van der Waals surface area (Å²) in [6.45, 7) is 3.31. The van der Waals surface area contributed by atoms with E-state index in [1.165, 1.54) is 6.26 Å². The molecule has 118 valence electrons. The summed E-state index contributed by atoms with van der Waals surface area (Å²) < 4.78 is 10.2. The summed E-state index contributed by atoms with van der Waals surface area (Å²) in [5.41, 5.74) is 1.63. The molecular formula is C15H18ClN3O3. The van der Waals surface area contributed by atoms with E-state index in [1.54, 1.807) is 12.1 Å². The van der Waals surface area contributed by atoms with Gasteiger partial charge in [0.2, 0.25) is 0 Å². The van der Waals surface area contributed by atoms with Crippen molar-refractivity contribution in [2.45, 2.75) is 19.9 Å². The van der Waals surface area contributed by atoms with Crippen molar-refractivity contribution < 1.29 is 14.1 Å². The Morgan fingerprint density at radius 1 is 1.36 bits per heavy atom. The molecular weight excluding hydrogens is 306 g/mol. The molecule has 2 aromatic rings. The van der Waals surface area contributed by atoms with E-state index in [1.807, 2.05) is 19.1 Å². The molecule has 22 heavy (non-hydrogen) atoms. The Morgan fingerprint density at radius 3 is 2.95 bits per heavy atom. The lowest BCUT2D eigenvalue weighted by atomic mass is 10.1. The van der Waals surface area contributed by atoms with E-state index in [0.29, 0.717) is 36.8 Å². The first kappa shape index (κ1) is 16.2. The standard InChI is InChI=1S/C15H18ClN3O3/c1-2-21-14-4-3-12(16)9-11(14)5-7-17-15(20)18-10-13-6-8-22-19-13/h3-4,6,8-9H,2,5,7,10H2,1H3,(H2,17,18,20). The summed E-state index contributed by atoms with van der Waals surface area (Å²) in [5.74, 6) is 0.789. The molecule has 0 saturated heterocycles. The Kier molecular flexibility index (Phi) is 6.09. The molecule has 0 aliphatic carbocycles. The highest BCUT2D eigenvalue weighted by Gasteiger charge is 2.06. The number of amides is 2. The molecule has 2 amide bonds. The SMILES string of the molecule is CCOc1ccc(Cl)cc1CCNC(=O)NCc1ccon1. The summed E-state index contributed by atoms with van der Waals surface area (Å²) in [5, 5.41) is 9.82. The molecule has 1 heterocycles. The maximum Gasteiger partial charge on any atom is 0.315 e. The number of hydrogen-bond donors (Lipinski definition) is 2. The monoisotopic (exact) mass is 323 g/mol. The van der Waals surface area contributed by atoms with Gasteiger partial charge in [-0.05, 0) is 37.1 Å². The van der Waals surface area contributed by atoms with Crippen LogP contribution in [0.1, 0.15) is 18.2 Å². The van der Waals surface area contributed by atoms with Gasteiger partial charge in [0.15, 0.2) is 0 Å². The van der Waals surface area contributed by atoms with Gasteiger partial charge in [0.1, 0.15) is 17.7 Å². The van der Waals surface area contributed by atoms with Crippen LogP contribution in [0.3, 0.4) is 0 Å². The molecule has 0 spiro atoms. The lowest BCUT2D eigenvalue weighted by Gasteiger charge is -2.11. The topological polar surface area (TPSA) is 76.4 Å². The highest BCUT2D eigenvalue weighted by atomic mass is 35.5. The fourth-order valence-electron chi connectivity index (χ4n) is 1.91. The van der Waals surface area contributed by atoms with Crippen LogP contribution in [0, 0.1) is 0 Å². The van der Waals surface area contributed by atoms with E-state index in [0.717, 1.165) is 11.3 Å². The number of nitrogens with one attached hydrogen (secondary N) is 2. The lowest BCUT2D eigenvalue weighted by molar-refractivity contribution is 0.240. The number of aromatic nitrogens is 1. The van der Waals surface area contributed by atoms with Crippen LogP contribution in [0.15, 0.2) is 35.1 Å². The molecule has 0 radical (unpaired) electrons. The van der Waals surface area contributed by atoms with Gasteiger partial charge < -0.3 is 19.9 Å². The predicted octanol–water partition coefficient (Wildman–Crippen LogP) is 2.77. The van der Waals surface area contributed by atoms with Crippen molar-refractivity contribution >= 4 is 17.6 Å². The second-order valence-corrected chi connectivity index (χ2v) is 4.97. The first-order valence-corrected chi connectivity index (χ1v) is 7.39. The van der Waals surface area contributed by atoms with Crippen LogP contribution in [-0.4, -0.2) is 24.3 Å². The van der Waals surface area contributed by atoms with Crippen molar-refractivity contribution in [3.05, 3.63) is 46.8 Å². The van der Waals surface area contributed by atoms with E-state index in [4.69, 9.17) is 16.3 Å². The molecule has 6 nitrogen and oxygen atoms in total. The molecule has 0 fully saturated rings. The van der Waals surface area contributed by atoms with Crippen molar-refractivity contribution in [2.75, 3.05) is 13.2 Å². The average Bonchev–Trinajstić information content (AvgIpc) is 3.01. The maximum absolute atomic E-state index is 11.7. The maximum atomic E-state index is 11.7. The summed E-state index contributed by atoms with van der Waals surface area (Å²) in [6.07, 6.45) is 2.09. The van der Waals surface area contributed by atoms with Crippen LogP contribution in [-0.2, 0) is 13.0 Å². The number of rotatable bonds is 7. The van der Waals surface area contributed by atoms with Gasteiger partial charge in [-0.15, -0.1) is 0 Å². The third-order valence-corrected chi connectivity index (χ3v) is 3.16. The second kappa shape index (κ2) is 8.29. The molecule has 0 unspecified atom stereocenters. The molecule has 7 heteroatoms. The van der Waals surface area contributed by atoms with Crippen LogP contribution in [0.25, 0.3) is 0 Å². The number of carbonyl (C=O) groups is 1. The minimum Gasteiger partial charge on any atom is -0.494 e. The molecule has 2 N–H and O–H groups in total. The summed E-state index contributed by atoms with van der Waals surface area (Å²) >= 11 is 5.99. The van der Waals surface area contributed by atoms with Gasteiger partial charge in [-0.1, -0.05) is 16.8 Å². The third kappa shape index (κ3) is 4.96. The average molecular weight is 324 g/mol. The van der Waals surface area contributed by atoms with Crippen molar-refractivity contribution in [3.63, 3.8) is 0 Å². The minimum absolute atomic E-state index is 0.261. The van der Waals surface area contributed by atoms with Gasteiger partial charge in [0.25, 0.3) is 0 Å². The van der Waals surface area contributed by atoms with Crippen LogP contribution >= 0.6 is 11.6 Å². The number of halogens is 1. The lowest BCUT2D eigenvalue weighted by Crippen LogP contribution is -2.36. The fraction of sp³-hybridized carbons (Fsp3) is 0.333. The smallest absolute Gasteiger partial charge is 0.315 e. The number of ether oxygens (including phenoxy) is 1. The summed E-state index contributed by atoms with van der Waals surface area (Å²) in [7, 11) is 0. The molecule has 2 rings (SSSR count). The van der Waals surface area contributed by atoms with Crippen molar-refractivity contribution in [2.24, 2.45) is 0 Å². The molecule has 0 saturated carbocycles. The van der Waals surface area contributed by atoms with Crippen LogP contribution in [0.5, 0.6) is 5.75 Å². The summed E-state index contributed by atoms with van der Waals surface area (Å²) in [4.78, 5) is 11.7. The van der Waals surface area contributed by atoms with E-state index >= 15 is 0 Å². The number of nitrogens with zero attached hydrogens (tertiary/aromatic N) is 1. The quantitative estimate of drug-likeness (QED) is 0.821. The van der Waals surface area contributed by atoms with Crippen LogP contribution in [0.2, 0.25) is 5.02 Å². The molecule has 1 aromatic carbocycles. The van der Waals surface area contributed by atoms with Gasteiger partial charge in [-0.25, -0.2) is 4.79 Å². The third-order valence-electron chi connectivity index (χ3n) is 2.92. The number of urea groups is 1. The van der Waals surface area contributed by atoms with Crippen LogP contribution in [0.4, 0.5) is 4.79 Å². The first-order valence-electron chi connectivity index (χ1n) is 7.01. The van der Waals surface area contributed by atoms with Crippen molar-refractivity contribution in [1.29, 1.82) is 0 Å². The van der Waals surface area contributed by atoms with Gasteiger partial charge in [0, 0.05) is 17.6 Å². The Bertz CT molecular complexity index is 602. The minimum atomic E-state index is -0.261. The number of hydrogen-bond acceptors (Lipinski definition) is 4. The normalized spacial score (nSPS) is 10.3. The number of benzene rings is 1.